The Hall–Kier alpha value is -1.26. The number of nitrogens with one attached hydrogen (secondary N) is 1. The zero-order valence-corrected chi connectivity index (χ0v) is 11.6. The molecule has 0 bridgehead atoms. The summed E-state index contributed by atoms with van der Waals surface area (Å²) < 4.78 is 0. The Labute approximate surface area is 114 Å². The second kappa shape index (κ2) is 6.26. The number of carbonyl (C=O) groups is 2. The van der Waals surface area contributed by atoms with Crippen LogP contribution in [-0.2, 0) is 4.79 Å². The van der Waals surface area contributed by atoms with Crippen molar-refractivity contribution >= 4 is 12.0 Å². The molecule has 5 heteroatoms. The second-order valence-electron chi connectivity index (χ2n) is 5.88. The maximum atomic E-state index is 12.1. The van der Waals surface area contributed by atoms with Gasteiger partial charge in [-0.15, -0.1) is 0 Å². The molecule has 2 rings (SSSR count). The number of amides is 2. The van der Waals surface area contributed by atoms with E-state index in [9.17, 15) is 9.59 Å². The third-order valence-corrected chi connectivity index (χ3v) is 4.45. The van der Waals surface area contributed by atoms with Crippen molar-refractivity contribution in [1.29, 1.82) is 0 Å². The van der Waals surface area contributed by atoms with Crippen molar-refractivity contribution in [2.45, 2.75) is 51.5 Å². The van der Waals surface area contributed by atoms with Gasteiger partial charge in [0.1, 0.15) is 0 Å². The Kier molecular flexibility index (Phi) is 4.66. The smallest absolute Gasteiger partial charge is 0.317 e. The lowest BCUT2D eigenvalue weighted by atomic mass is 9.83. The predicted molar refractivity (Wildman–Crippen MR) is 71.9 cm³/mol. The molecule has 108 valence electrons. The van der Waals surface area contributed by atoms with E-state index in [4.69, 9.17) is 5.11 Å². The van der Waals surface area contributed by atoms with E-state index in [1.54, 1.807) is 4.90 Å². The fraction of sp³-hybridized carbons (Fsp3) is 0.857. The largest absolute Gasteiger partial charge is 0.481 e. The Bertz CT molecular complexity index is 340. The molecule has 2 aliphatic rings. The summed E-state index contributed by atoms with van der Waals surface area (Å²) in [6, 6.07) is 0.303. The summed E-state index contributed by atoms with van der Waals surface area (Å²) in [5.41, 5.74) is 0. The van der Waals surface area contributed by atoms with Gasteiger partial charge < -0.3 is 15.3 Å². The number of carbonyl (C=O) groups excluding carboxylic acids is 1. The minimum Gasteiger partial charge on any atom is -0.481 e. The molecule has 5 nitrogen and oxygen atoms in total. The van der Waals surface area contributed by atoms with Crippen LogP contribution in [0.2, 0.25) is 0 Å². The summed E-state index contributed by atoms with van der Waals surface area (Å²) in [5, 5.41) is 11.8. The van der Waals surface area contributed by atoms with Crippen molar-refractivity contribution < 1.29 is 14.7 Å². The number of urea groups is 1. The molecule has 19 heavy (non-hydrogen) atoms. The predicted octanol–water partition coefficient (Wildman–Crippen LogP) is 2.07. The molecule has 1 saturated carbocycles. The van der Waals surface area contributed by atoms with Crippen LogP contribution in [-0.4, -0.2) is 41.1 Å². The number of carboxylic acid groups (broad SMARTS) is 1. The standard InChI is InChI=1S/C14H24N2O3/c1-2-11-5-3-4-6-12(11)15-14(19)16-8-10(9-16)7-13(17)18/h10-12H,2-9H2,1H3,(H,15,19)(H,17,18). The van der Waals surface area contributed by atoms with Crippen LogP contribution < -0.4 is 5.32 Å². The van der Waals surface area contributed by atoms with Crippen LogP contribution in [0, 0.1) is 11.8 Å². The summed E-state index contributed by atoms with van der Waals surface area (Å²) in [4.78, 5) is 24.3. The molecule has 0 aromatic carbocycles. The van der Waals surface area contributed by atoms with Gasteiger partial charge in [0.25, 0.3) is 0 Å². The molecule has 2 fully saturated rings. The van der Waals surface area contributed by atoms with Crippen molar-refractivity contribution in [2.24, 2.45) is 11.8 Å². The highest BCUT2D eigenvalue weighted by Crippen LogP contribution is 2.27. The molecule has 1 heterocycles. The number of rotatable bonds is 4. The zero-order valence-electron chi connectivity index (χ0n) is 11.6. The third kappa shape index (κ3) is 3.61. The minimum atomic E-state index is -0.775. The Morgan fingerprint density at radius 2 is 1.95 bits per heavy atom. The first-order valence-corrected chi connectivity index (χ1v) is 7.37. The Balaban J connectivity index is 1.74. The van der Waals surface area contributed by atoms with Gasteiger partial charge >= 0.3 is 12.0 Å². The normalized spacial score (nSPS) is 27.7. The molecule has 2 unspecified atom stereocenters. The quantitative estimate of drug-likeness (QED) is 0.820. The van der Waals surface area contributed by atoms with E-state index in [1.807, 2.05) is 0 Å². The lowest BCUT2D eigenvalue weighted by molar-refractivity contribution is -0.139. The van der Waals surface area contributed by atoms with Crippen molar-refractivity contribution in [3.63, 3.8) is 0 Å². The monoisotopic (exact) mass is 268 g/mol. The summed E-state index contributed by atoms with van der Waals surface area (Å²) in [5.74, 6) is -0.0336. The highest BCUT2D eigenvalue weighted by atomic mass is 16.4. The first kappa shape index (κ1) is 14.2. The van der Waals surface area contributed by atoms with Crippen molar-refractivity contribution in [1.82, 2.24) is 10.2 Å². The van der Waals surface area contributed by atoms with Gasteiger partial charge in [0.05, 0.1) is 6.42 Å². The molecule has 2 N–H and O–H groups in total. The lowest BCUT2D eigenvalue weighted by Gasteiger charge is -2.40. The van der Waals surface area contributed by atoms with Gasteiger partial charge in [0.15, 0.2) is 0 Å². The van der Waals surface area contributed by atoms with E-state index in [2.05, 4.69) is 12.2 Å². The summed E-state index contributed by atoms with van der Waals surface area (Å²) in [6.07, 6.45) is 6.05. The minimum absolute atomic E-state index is 0.00742. The van der Waals surface area contributed by atoms with Crippen molar-refractivity contribution in [2.75, 3.05) is 13.1 Å². The molecule has 0 radical (unpaired) electrons. The molecule has 0 aromatic heterocycles. The maximum Gasteiger partial charge on any atom is 0.317 e. The van der Waals surface area contributed by atoms with Gasteiger partial charge in [-0.25, -0.2) is 4.79 Å². The third-order valence-electron chi connectivity index (χ3n) is 4.45. The van der Waals surface area contributed by atoms with Gasteiger partial charge in [-0.1, -0.05) is 26.2 Å². The van der Waals surface area contributed by atoms with Crippen LogP contribution in [0.4, 0.5) is 4.79 Å². The molecule has 2 atom stereocenters. The maximum absolute atomic E-state index is 12.1. The van der Waals surface area contributed by atoms with Gasteiger partial charge in [-0.05, 0) is 18.8 Å². The molecule has 0 aromatic rings. The van der Waals surface area contributed by atoms with Gasteiger partial charge in [-0.2, -0.15) is 0 Å². The fourth-order valence-electron chi connectivity index (χ4n) is 3.25. The van der Waals surface area contributed by atoms with E-state index in [1.165, 1.54) is 19.3 Å². The van der Waals surface area contributed by atoms with E-state index in [-0.39, 0.29) is 18.4 Å². The average Bonchev–Trinajstić information content (AvgIpc) is 2.33. The van der Waals surface area contributed by atoms with Crippen molar-refractivity contribution in [3.05, 3.63) is 0 Å². The van der Waals surface area contributed by atoms with Crippen molar-refractivity contribution in [3.8, 4) is 0 Å². The fourth-order valence-corrected chi connectivity index (χ4v) is 3.25. The first-order chi connectivity index (χ1) is 9.10. The van der Waals surface area contributed by atoms with E-state index in [0.29, 0.717) is 25.0 Å². The second-order valence-corrected chi connectivity index (χ2v) is 5.88. The number of hydrogen-bond acceptors (Lipinski definition) is 2. The number of likely N-dealkylation sites (tertiary alicyclic amines) is 1. The summed E-state index contributed by atoms with van der Waals surface area (Å²) in [6.45, 7) is 3.35. The van der Waals surface area contributed by atoms with Gasteiger partial charge in [0, 0.05) is 25.0 Å². The molecular weight excluding hydrogens is 244 g/mol. The number of hydrogen-bond donors (Lipinski definition) is 2. The molecular formula is C14H24N2O3. The number of nitrogens with zero attached hydrogens (tertiary/aromatic N) is 1. The van der Waals surface area contributed by atoms with Crippen LogP contribution in [0.3, 0.4) is 0 Å². The highest BCUT2D eigenvalue weighted by Gasteiger charge is 2.34. The van der Waals surface area contributed by atoms with Crippen LogP contribution in [0.15, 0.2) is 0 Å². The van der Waals surface area contributed by atoms with Crippen LogP contribution in [0.5, 0.6) is 0 Å². The van der Waals surface area contributed by atoms with Gasteiger partial charge in [0.2, 0.25) is 0 Å². The summed E-state index contributed by atoms with van der Waals surface area (Å²) >= 11 is 0. The topological polar surface area (TPSA) is 69.6 Å². The van der Waals surface area contributed by atoms with E-state index in [0.717, 1.165) is 12.8 Å². The SMILES string of the molecule is CCC1CCCCC1NC(=O)N1CC(CC(=O)O)C1. The van der Waals surface area contributed by atoms with Crippen LogP contribution in [0.1, 0.15) is 45.4 Å². The molecule has 1 aliphatic carbocycles. The van der Waals surface area contributed by atoms with Crippen LogP contribution in [0.25, 0.3) is 0 Å². The Morgan fingerprint density at radius 3 is 2.58 bits per heavy atom. The van der Waals surface area contributed by atoms with Crippen LogP contribution >= 0.6 is 0 Å². The molecule has 1 aliphatic heterocycles. The number of carboxylic acids is 1. The summed E-state index contributed by atoms with van der Waals surface area (Å²) in [7, 11) is 0. The zero-order chi connectivity index (χ0) is 13.8. The van der Waals surface area contributed by atoms with E-state index >= 15 is 0 Å². The molecule has 2 amide bonds. The molecule has 0 spiro atoms. The van der Waals surface area contributed by atoms with Gasteiger partial charge in [-0.3, -0.25) is 4.79 Å². The highest BCUT2D eigenvalue weighted by molar-refractivity contribution is 5.76. The lowest BCUT2D eigenvalue weighted by Crippen LogP contribution is -2.57. The number of aliphatic carboxylic acids is 1. The first-order valence-electron chi connectivity index (χ1n) is 7.37. The molecule has 1 saturated heterocycles. The Morgan fingerprint density at radius 1 is 1.26 bits per heavy atom. The van der Waals surface area contributed by atoms with E-state index < -0.39 is 5.97 Å². The average molecular weight is 268 g/mol.